The van der Waals surface area contributed by atoms with E-state index >= 15 is 0 Å². The molecule has 0 saturated heterocycles. The van der Waals surface area contributed by atoms with Crippen LogP contribution in [0.15, 0.2) is 41.5 Å². The molecule has 1 aromatic carbocycles. The van der Waals surface area contributed by atoms with E-state index in [2.05, 4.69) is 27.1 Å². The van der Waals surface area contributed by atoms with Crippen LogP contribution in [-0.4, -0.2) is 61.2 Å². The van der Waals surface area contributed by atoms with Gasteiger partial charge in [-0.2, -0.15) is 0 Å². The van der Waals surface area contributed by atoms with Crippen LogP contribution in [0.2, 0.25) is 0 Å². The second kappa shape index (κ2) is 12.0. The predicted octanol–water partition coefficient (Wildman–Crippen LogP) is 2.41. The molecule has 0 saturated carbocycles. The number of nitrogens with zero attached hydrogens (tertiary/aromatic N) is 2. The molecule has 35 heavy (non-hydrogen) atoms. The van der Waals surface area contributed by atoms with Crippen molar-refractivity contribution in [3.05, 3.63) is 59.2 Å². The minimum atomic E-state index is -3.54. The number of nitrogens with one attached hydrogen (secondary N) is 1. The molecule has 1 atom stereocenters. The number of hydrogen-bond acceptors (Lipinski definition) is 7. The molecule has 12 heteroatoms. The molecule has 4 N–H and O–H groups in total. The number of anilines is 1. The molecule has 1 aliphatic rings. The number of amidine groups is 1. The van der Waals surface area contributed by atoms with Crippen molar-refractivity contribution in [3.8, 4) is 11.8 Å². The van der Waals surface area contributed by atoms with E-state index in [1.165, 1.54) is 25.4 Å². The van der Waals surface area contributed by atoms with Gasteiger partial charge in [-0.25, -0.2) is 18.2 Å². The third-order valence-corrected chi connectivity index (χ3v) is 4.81. The molecule has 1 amide bonds. The van der Waals surface area contributed by atoms with E-state index < -0.39 is 35.4 Å². The third-order valence-electron chi connectivity index (χ3n) is 4.81. The molecule has 3 rings (SSSR count). The number of pyridine rings is 1. The van der Waals surface area contributed by atoms with Gasteiger partial charge in [0.15, 0.2) is 5.54 Å². The number of carbonyl (C=O) groups is 2. The number of ether oxygens (including phenoxy) is 2. The van der Waals surface area contributed by atoms with Gasteiger partial charge in [-0.05, 0) is 37.3 Å². The average Bonchev–Trinajstić information content (AvgIpc) is 2.91. The molecule has 2 aromatic rings. The van der Waals surface area contributed by atoms with E-state index in [9.17, 15) is 18.0 Å². The molecular formula is C23H23F3N4O5. The van der Waals surface area contributed by atoms with Crippen LogP contribution in [0.4, 0.5) is 18.9 Å². The zero-order valence-electron chi connectivity index (χ0n) is 18.8. The Bertz CT molecular complexity index is 1150. The number of alkyl halides is 2. The molecule has 0 fully saturated rings. The number of nitrogens with two attached hydrogens (primary N) is 1. The highest BCUT2D eigenvalue weighted by atomic mass is 19.3. The zero-order valence-corrected chi connectivity index (χ0v) is 18.8. The first-order valence-corrected chi connectivity index (χ1v) is 10.0. The highest BCUT2D eigenvalue weighted by molar-refractivity contribution is 6.02. The fraction of sp³-hybridized carbons (Fsp3) is 0.304. The fourth-order valence-electron chi connectivity index (χ4n) is 3.07. The minimum Gasteiger partial charge on any atom is -0.483 e. The Morgan fingerprint density at radius 1 is 1.37 bits per heavy atom. The van der Waals surface area contributed by atoms with Gasteiger partial charge in [0, 0.05) is 30.1 Å². The number of aromatic nitrogens is 1. The molecule has 0 radical (unpaired) electrons. The standard InChI is InChI=1S/C22H21F3N4O3.CH2O2/c1-21(22(24,25)13-32-12-19(26)29-21)16-10-15(6-7-17(16)23)28-20(30)18-8-5-14(11-27-18)4-3-9-31-2;2-1-3/h5-8,10-11H,9,12-13H2,1-2H3,(H2,26,29)(H,28,30);1H,(H,2,3). The van der Waals surface area contributed by atoms with Crippen LogP contribution in [0.5, 0.6) is 0 Å². The van der Waals surface area contributed by atoms with Gasteiger partial charge in [0.05, 0.1) is 0 Å². The summed E-state index contributed by atoms with van der Waals surface area (Å²) in [5, 5.41) is 9.42. The Balaban J connectivity index is 0.00000137. The van der Waals surface area contributed by atoms with Crippen molar-refractivity contribution in [2.75, 3.05) is 32.2 Å². The number of rotatable bonds is 4. The number of hydrogen-bond donors (Lipinski definition) is 3. The summed E-state index contributed by atoms with van der Waals surface area (Å²) in [6.45, 7) is -0.188. The van der Waals surface area contributed by atoms with Crippen molar-refractivity contribution < 1.29 is 37.3 Å². The lowest BCUT2D eigenvalue weighted by molar-refractivity contribution is -0.122. The van der Waals surface area contributed by atoms with Crippen LogP contribution in [0.1, 0.15) is 28.5 Å². The average molecular weight is 492 g/mol. The Labute approximate surface area is 199 Å². The first kappa shape index (κ1) is 27.3. The Kier molecular flexibility index (Phi) is 9.33. The molecule has 0 bridgehead atoms. The number of amides is 1. The third kappa shape index (κ3) is 6.78. The number of carbonyl (C=O) groups excluding carboxylic acids is 1. The van der Waals surface area contributed by atoms with Crippen molar-refractivity contribution >= 4 is 23.9 Å². The highest BCUT2D eigenvalue weighted by Crippen LogP contribution is 2.44. The van der Waals surface area contributed by atoms with Gasteiger partial charge >= 0.3 is 0 Å². The molecule has 1 unspecified atom stereocenters. The summed E-state index contributed by atoms with van der Waals surface area (Å²) >= 11 is 0. The summed E-state index contributed by atoms with van der Waals surface area (Å²) < 4.78 is 53.9. The maximum absolute atomic E-state index is 14.8. The summed E-state index contributed by atoms with van der Waals surface area (Å²) in [6, 6.07) is 6.40. The molecule has 0 aliphatic carbocycles. The first-order valence-electron chi connectivity index (χ1n) is 10.0. The maximum Gasteiger partial charge on any atom is 0.299 e. The SMILES string of the molecule is COCC#Cc1ccc(C(=O)Nc2ccc(F)c(C3(C)N=C(N)COCC3(F)F)c2)nc1.O=CO. The summed E-state index contributed by atoms with van der Waals surface area (Å²) in [6.07, 6.45) is 1.41. The topological polar surface area (TPSA) is 136 Å². The van der Waals surface area contributed by atoms with Gasteiger partial charge in [-0.3, -0.25) is 14.6 Å². The van der Waals surface area contributed by atoms with Crippen LogP contribution in [-0.2, 0) is 19.8 Å². The van der Waals surface area contributed by atoms with E-state index in [1.54, 1.807) is 6.07 Å². The van der Waals surface area contributed by atoms with Gasteiger partial charge in [-0.1, -0.05) is 11.8 Å². The van der Waals surface area contributed by atoms with Crippen molar-refractivity contribution in [2.45, 2.75) is 18.4 Å². The summed E-state index contributed by atoms with van der Waals surface area (Å²) in [5.41, 5.74) is 3.64. The van der Waals surface area contributed by atoms with Crippen molar-refractivity contribution in [3.63, 3.8) is 0 Å². The zero-order chi connectivity index (χ0) is 26.1. The van der Waals surface area contributed by atoms with Crippen molar-refractivity contribution in [1.82, 2.24) is 4.98 Å². The lowest BCUT2D eigenvalue weighted by atomic mass is 9.85. The van der Waals surface area contributed by atoms with Crippen LogP contribution < -0.4 is 11.1 Å². The van der Waals surface area contributed by atoms with Crippen molar-refractivity contribution in [1.29, 1.82) is 0 Å². The van der Waals surface area contributed by atoms with E-state index in [1.807, 2.05) is 0 Å². The summed E-state index contributed by atoms with van der Waals surface area (Å²) in [4.78, 5) is 28.8. The second-order valence-corrected chi connectivity index (χ2v) is 7.29. The first-order chi connectivity index (χ1) is 16.6. The molecule has 0 spiro atoms. The monoisotopic (exact) mass is 492 g/mol. The van der Waals surface area contributed by atoms with E-state index in [-0.39, 0.29) is 36.9 Å². The molecule has 186 valence electrons. The van der Waals surface area contributed by atoms with Crippen LogP contribution >= 0.6 is 0 Å². The maximum atomic E-state index is 14.8. The predicted molar refractivity (Wildman–Crippen MR) is 121 cm³/mol. The van der Waals surface area contributed by atoms with Gasteiger partial charge in [0.25, 0.3) is 18.3 Å². The lowest BCUT2D eigenvalue weighted by Crippen LogP contribution is -2.45. The van der Waals surface area contributed by atoms with Gasteiger partial charge < -0.3 is 25.6 Å². The van der Waals surface area contributed by atoms with Crippen LogP contribution in [0.25, 0.3) is 0 Å². The normalized spacial score (nSPS) is 18.5. The number of methoxy groups -OCH3 is 1. The van der Waals surface area contributed by atoms with Crippen LogP contribution in [0, 0.1) is 17.7 Å². The number of carboxylic acid groups (broad SMARTS) is 1. The number of halogens is 3. The smallest absolute Gasteiger partial charge is 0.299 e. The largest absolute Gasteiger partial charge is 0.483 e. The van der Waals surface area contributed by atoms with E-state index in [0.717, 1.165) is 19.1 Å². The fourth-order valence-corrected chi connectivity index (χ4v) is 3.07. The molecule has 1 aromatic heterocycles. The quantitative estimate of drug-likeness (QED) is 0.440. The van der Waals surface area contributed by atoms with Crippen molar-refractivity contribution in [2.24, 2.45) is 10.7 Å². The summed E-state index contributed by atoms with van der Waals surface area (Å²) in [5.74, 6) is 0.329. The van der Waals surface area contributed by atoms with Gasteiger partial charge in [-0.15, -0.1) is 0 Å². The lowest BCUT2D eigenvalue weighted by Gasteiger charge is -2.33. The molecule has 1 aliphatic heterocycles. The Morgan fingerprint density at radius 3 is 2.71 bits per heavy atom. The number of aliphatic imine (C=N–C) groups is 1. The Hall–Kier alpha value is -3.95. The Morgan fingerprint density at radius 2 is 2.09 bits per heavy atom. The molecule has 9 nitrogen and oxygen atoms in total. The highest BCUT2D eigenvalue weighted by Gasteiger charge is 2.54. The van der Waals surface area contributed by atoms with Crippen LogP contribution in [0.3, 0.4) is 0 Å². The number of benzene rings is 1. The second-order valence-electron chi connectivity index (χ2n) is 7.29. The van der Waals surface area contributed by atoms with E-state index in [4.69, 9.17) is 25.1 Å². The minimum absolute atomic E-state index is 0.0647. The molecular weight excluding hydrogens is 469 g/mol. The van der Waals surface area contributed by atoms with Gasteiger partial charge in [0.2, 0.25) is 0 Å². The van der Waals surface area contributed by atoms with Gasteiger partial charge in [0.1, 0.15) is 37.2 Å². The summed E-state index contributed by atoms with van der Waals surface area (Å²) in [7, 11) is 1.52. The van der Waals surface area contributed by atoms with E-state index in [0.29, 0.717) is 5.56 Å². The molecule has 2 heterocycles.